The lowest BCUT2D eigenvalue weighted by molar-refractivity contribution is -0.137. The second-order valence-corrected chi connectivity index (χ2v) is 7.22. The predicted octanol–water partition coefficient (Wildman–Crippen LogP) is 6.45. The van der Waals surface area contributed by atoms with Crippen molar-refractivity contribution in [1.29, 1.82) is 0 Å². The molecule has 0 bridgehead atoms. The monoisotopic (exact) mass is 436 g/mol. The highest BCUT2D eigenvalue weighted by Crippen LogP contribution is 2.36. The zero-order valence-electron chi connectivity index (χ0n) is 16.5. The van der Waals surface area contributed by atoms with Gasteiger partial charge < -0.3 is 15.0 Å². The molecule has 0 saturated heterocycles. The van der Waals surface area contributed by atoms with E-state index in [9.17, 15) is 13.2 Å². The van der Waals surface area contributed by atoms with Crippen molar-refractivity contribution in [3.05, 3.63) is 65.3 Å². The summed E-state index contributed by atoms with van der Waals surface area (Å²) >= 11 is 5.84. The minimum atomic E-state index is -4.61. The number of nitrogens with one attached hydrogen (secondary N) is 1. The fraction of sp³-hybridized carbons (Fsp3) is 0.238. The minimum absolute atomic E-state index is 0.0355. The molecule has 0 saturated carbocycles. The summed E-state index contributed by atoms with van der Waals surface area (Å²) in [5.74, 6) is 0.457. The zero-order chi connectivity index (χ0) is 21.9. The summed E-state index contributed by atoms with van der Waals surface area (Å²) in [6.45, 7) is 3.84. The third-order valence-electron chi connectivity index (χ3n) is 4.08. The van der Waals surface area contributed by atoms with Crippen LogP contribution in [0.5, 0.6) is 5.75 Å². The number of rotatable bonds is 6. The number of anilines is 4. The average molecular weight is 437 g/mol. The predicted molar refractivity (Wildman–Crippen MR) is 112 cm³/mol. The van der Waals surface area contributed by atoms with Gasteiger partial charge in [-0.3, -0.25) is 0 Å². The first-order valence-electron chi connectivity index (χ1n) is 9.11. The van der Waals surface area contributed by atoms with Crippen LogP contribution in [0.3, 0.4) is 0 Å². The topological polar surface area (TPSA) is 50.3 Å². The molecular formula is C21H20ClF3N4O. The van der Waals surface area contributed by atoms with Gasteiger partial charge in [-0.05, 0) is 62.4 Å². The summed E-state index contributed by atoms with van der Waals surface area (Å²) in [4.78, 5) is 9.62. The summed E-state index contributed by atoms with van der Waals surface area (Å²) in [5, 5.41) is 3.18. The number of benzene rings is 2. The van der Waals surface area contributed by atoms with E-state index in [0.29, 0.717) is 22.1 Å². The molecule has 3 rings (SSSR count). The van der Waals surface area contributed by atoms with E-state index in [1.165, 1.54) is 0 Å². The van der Waals surface area contributed by atoms with Crippen LogP contribution in [-0.4, -0.2) is 23.1 Å². The molecule has 0 aliphatic heterocycles. The number of ether oxygens (including phenoxy) is 1. The first-order valence-corrected chi connectivity index (χ1v) is 9.48. The summed E-state index contributed by atoms with van der Waals surface area (Å²) in [6.07, 6.45) is -3.80. The molecule has 3 aromatic rings. The zero-order valence-corrected chi connectivity index (χ0v) is 17.3. The highest BCUT2D eigenvalue weighted by Gasteiger charge is 2.35. The third kappa shape index (κ3) is 5.33. The molecule has 0 atom stereocenters. The maximum atomic E-state index is 13.5. The van der Waals surface area contributed by atoms with Gasteiger partial charge in [0.1, 0.15) is 17.1 Å². The van der Waals surface area contributed by atoms with Crippen LogP contribution in [0.4, 0.5) is 36.3 Å². The van der Waals surface area contributed by atoms with Gasteiger partial charge in [0.2, 0.25) is 5.95 Å². The van der Waals surface area contributed by atoms with Gasteiger partial charge in [0.25, 0.3) is 0 Å². The molecule has 0 aliphatic carbocycles. The fourth-order valence-corrected chi connectivity index (χ4v) is 2.77. The number of alkyl halides is 3. The van der Waals surface area contributed by atoms with Crippen molar-refractivity contribution >= 4 is 34.7 Å². The highest BCUT2D eigenvalue weighted by atomic mass is 35.5. The maximum Gasteiger partial charge on any atom is 0.421 e. The Morgan fingerprint density at radius 2 is 1.67 bits per heavy atom. The van der Waals surface area contributed by atoms with Crippen LogP contribution in [0, 0.1) is 0 Å². The molecule has 1 heterocycles. The number of hydrogen-bond acceptors (Lipinski definition) is 5. The molecule has 2 aromatic carbocycles. The molecule has 0 radical (unpaired) electrons. The van der Waals surface area contributed by atoms with Crippen molar-refractivity contribution in [3.8, 4) is 5.75 Å². The SMILES string of the molecule is CC(C)Oc1ccc(N(C)c2ncc(C(F)(F)F)c(Nc3ccc(Cl)cc3)n2)cc1. The van der Waals surface area contributed by atoms with E-state index >= 15 is 0 Å². The van der Waals surface area contributed by atoms with E-state index in [1.54, 1.807) is 60.5 Å². The smallest absolute Gasteiger partial charge is 0.421 e. The van der Waals surface area contributed by atoms with Crippen LogP contribution in [0.25, 0.3) is 0 Å². The highest BCUT2D eigenvalue weighted by molar-refractivity contribution is 6.30. The summed E-state index contributed by atoms with van der Waals surface area (Å²) < 4.78 is 46.0. The molecule has 1 N–H and O–H groups in total. The van der Waals surface area contributed by atoms with Crippen molar-refractivity contribution in [3.63, 3.8) is 0 Å². The first kappa shape index (κ1) is 21.7. The van der Waals surface area contributed by atoms with Crippen molar-refractivity contribution in [2.45, 2.75) is 26.1 Å². The van der Waals surface area contributed by atoms with Gasteiger partial charge >= 0.3 is 6.18 Å². The van der Waals surface area contributed by atoms with E-state index in [-0.39, 0.29) is 17.9 Å². The maximum absolute atomic E-state index is 13.5. The number of hydrogen-bond donors (Lipinski definition) is 1. The van der Waals surface area contributed by atoms with Gasteiger partial charge in [-0.15, -0.1) is 0 Å². The molecule has 9 heteroatoms. The number of nitrogens with zero attached hydrogens (tertiary/aromatic N) is 3. The van der Waals surface area contributed by atoms with Crippen LogP contribution in [-0.2, 0) is 6.18 Å². The first-order chi connectivity index (χ1) is 14.1. The summed E-state index contributed by atoms with van der Waals surface area (Å²) in [6, 6.07) is 13.4. The van der Waals surface area contributed by atoms with Gasteiger partial charge in [0, 0.05) is 29.6 Å². The Balaban J connectivity index is 1.92. The molecule has 0 unspecified atom stereocenters. The van der Waals surface area contributed by atoms with Crippen molar-refractivity contribution in [2.75, 3.05) is 17.3 Å². The van der Waals surface area contributed by atoms with Gasteiger partial charge in [-0.2, -0.15) is 18.2 Å². The third-order valence-corrected chi connectivity index (χ3v) is 4.34. The lowest BCUT2D eigenvalue weighted by Crippen LogP contribution is -2.17. The fourth-order valence-electron chi connectivity index (χ4n) is 2.64. The second-order valence-electron chi connectivity index (χ2n) is 6.78. The van der Waals surface area contributed by atoms with E-state index in [0.717, 1.165) is 6.20 Å². The Hall–Kier alpha value is -3.00. The summed E-state index contributed by atoms with van der Waals surface area (Å²) in [7, 11) is 1.67. The van der Waals surface area contributed by atoms with Crippen LogP contribution < -0.4 is 15.0 Å². The van der Waals surface area contributed by atoms with Crippen LogP contribution in [0.15, 0.2) is 54.7 Å². The van der Waals surface area contributed by atoms with E-state index < -0.39 is 11.7 Å². The molecule has 0 spiro atoms. The number of halogens is 4. The molecular weight excluding hydrogens is 417 g/mol. The van der Waals surface area contributed by atoms with Crippen LogP contribution in [0.1, 0.15) is 19.4 Å². The molecule has 0 amide bonds. The molecule has 0 fully saturated rings. The average Bonchev–Trinajstić information content (AvgIpc) is 2.68. The second kappa shape index (κ2) is 8.79. The van der Waals surface area contributed by atoms with E-state index in [4.69, 9.17) is 16.3 Å². The van der Waals surface area contributed by atoms with Crippen molar-refractivity contribution in [2.24, 2.45) is 0 Å². The Morgan fingerprint density at radius 1 is 1.03 bits per heavy atom. The Kier molecular flexibility index (Phi) is 6.36. The lowest BCUT2D eigenvalue weighted by atomic mass is 10.2. The number of aromatic nitrogens is 2. The van der Waals surface area contributed by atoms with E-state index in [2.05, 4.69) is 15.3 Å². The Bertz CT molecular complexity index is 993. The van der Waals surface area contributed by atoms with Gasteiger partial charge in [-0.1, -0.05) is 11.6 Å². The minimum Gasteiger partial charge on any atom is -0.491 e. The quantitative estimate of drug-likeness (QED) is 0.481. The molecule has 0 aliphatic rings. The molecule has 158 valence electrons. The molecule has 5 nitrogen and oxygen atoms in total. The molecule has 1 aromatic heterocycles. The van der Waals surface area contributed by atoms with Crippen LogP contribution >= 0.6 is 11.6 Å². The largest absolute Gasteiger partial charge is 0.491 e. The van der Waals surface area contributed by atoms with Gasteiger partial charge in [-0.25, -0.2) is 4.98 Å². The summed E-state index contributed by atoms with van der Waals surface area (Å²) in [5.41, 5.74) is 0.158. The lowest BCUT2D eigenvalue weighted by Gasteiger charge is -2.20. The van der Waals surface area contributed by atoms with Crippen molar-refractivity contribution < 1.29 is 17.9 Å². The van der Waals surface area contributed by atoms with Crippen LogP contribution in [0.2, 0.25) is 5.02 Å². The normalized spacial score (nSPS) is 11.5. The Morgan fingerprint density at radius 3 is 2.23 bits per heavy atom. The standard InChI is InChI=1S/C21H20ClF3N4O/c1-13(2)30-17-10-8-16(9-11-17)29(3)20-26-12-18(21(23,24)25)19(28-20)27-15-6-4-14(22)5-7-15/h4-13H,1-3H3,(H,26,27,28). The van der Waals surface area contributed by atoms with Gasteiger partial charge in [0.05, 0.1) is 6.10 Å². The Labute approximate surface area is 177 Å². The molecule has 30 heavy (non-hydrogen) atoms. The van der Waals surface area contributed by atoms with Gasteiger partial charge in [0.15, 0.2) is 0 Å². The van der Waals surface area contributed by atoms with Crippen molar-refractivity contribution in [1.82, 2.24) is 9.97 Å². The van der Waals surface area contributed by atoms with E-state index in [1.807, 2.05) is 13.8 Å².